The normalized spacial score (nSPS) is 12.3. The van der Waals surface area contributed by atoms with E-state index in [2.05, 4.69) is 6.92 Å². The fourth-order valence-electron chi connectivity index (χ4n) is 2.25. The van der Waals surface area contributed by atoms with E-state index in [1.54, 1.807) is 0 Å². The molecule has 2 nitrogen and oxygen atoms in total. The van der Waals surface area contributed by atoms with Crippen molar-refractivity contribution in [3.05, 3.63) is 35.9 Å². The highest BCUT2D eigenvalue weighted by atomic mass is 16.1. The molecule has 0 saturated heterocycles. The van der Waals surface area contributed by atoms with Gasteiger partial charge in [-0.2, -0.15) is 0 Å². The van der Waals surface area contributed by atoms with E-state index >= 15 is 0 Å². The number of carbonyl (C=O) groups is 1. The van der Waals surface area contributed by atoms with Crippen LogP contribution in [0.5, 0.6) is 0 Å². The van der Waals surface area contributed by atoms with Crippen molar-refractivity contribution < 1.29 is 4.79 Å². The Kier molecular flexibility index (Phi) is 8.15. The first kappa shape index (κ1) is 15.9. The number of Topliss-reactive ketones (excluding diaryl/α,β-unsaturated/α-hetero) is 1. The molecular weight excluding hydrogens is 234 g/mol. The molecule has 0 aliphatic carbocycles. The van der Waals surface area contributed by atoms with Crippen LogP contribution in [-0.2, 0) is 11.2 Å². The Morgan fingerprint density at radius 2 is 1.68 bits per heavy atom. The van der Waals surface area contributed by atoms with E-state index in [-0.39, 0.29) is 11.8 Å². The first-order valence-electron chi connectivity index (χ1n) is 7.56. The third-order valence-electron chi connectivity index (χ3n) is 3.49. The van der Waals surface area contributed by atoms with Crippen molar-refractivity contribution in [2.45, 2.75) is 64.3 Å². The van der Waals surface area contributed by atoms with E-state index in [1.165, 1.54) is 25.7 Å². The van der Waals surface area contributed by atoms with Gasteiger partial charge in [-0.3, -0.25) is 4.79 Å². The average Bonchev–Trinajstić information content (AvgIpc) is 2.43. The van der Waals surface area contributed by atoms with Gasteiger partial charge in [0.15, 0.2) is 0 Å². The fraction of sp³-hybridized carbons (Fsp3) is 0.588. The summed E-state index contributed by atoms with van der Waals surface area (Å²) >= 11 is 0. The van der Waals surface area contributed by atoms with Crippen LogP contribution in [0.15, 0.2) is 30.3 Å². The zero-order chi connectivity index (χ0) is 13.9. The molecule has 1 aromatic carbocycles. The van der Waals surface area contributed by atoms with Gasteiger partial charge in [-0.1, -0.05) is 69.4 Å². The molecule has 0 aliphatic heterocycles. The van der Waals surface area contributed by atoms with Gasteiger partial charge < -0.3 is 5.73 Å². The van der Waals surface area contributed by atoms with Crippen LogP contribution in [0.3, 0.4) is 0 Å². The van der Waals surface area contributed by atoms with E-state index in [4.69, 9.17) is 5.73 Å². The third-order valence-corrected chi connectivity index (χ3v) is 3.49. The molecule has 0 heterocycles. The number of hydrogen-bond donors (Lipinski definition) is 1. The molecule has 1 rings (SSSR count). The lowest BCUT2D eigenvalue weighted by Gasteiger charge is -2.10. The van der Waals surface area contributed by atoms with Gasteiger partial charge in [-0.15, -0.1) is 0 Å². The van der Waals surface area contributed by atoms with E-state index in [9.17, 15) is 4.79 Å². The topological polar surface area (TPSA) is 43.1 Å². The summed E-state index contributed by atoms with van der Waals surface area (Å²) in [6.07, 6.45) is 8.56. The summed E-state index contributed by atoms with van der Waals surface area (Å²) in [6.45, 7) is 2.21. The number of rotatable bonds is 10. The largest absolute Gasteiger partial charge is 0.321 e. The minimum Gasteiger partial charge on any atom is -0.321 e. The van der Waals surface area contributed by atoms with E-state index < -0.39 is 0 Å². The van der Waals surface area contributed by atoms with Gasteiger partial charge in [0.2, 0.25) is 0 Å². The zero-order valence-electron chi connectivity index (χ0n) is 12.1. The lowest BCUT2D eigenvalue weighted by molar-refractivity contribution is -0.120. The van der Waals surface area contributed by atoms with Crippen molar-refractivity contribution >= 4 is 5.78 Å². The molecule has 1 atom stereocenters. The van der Waals surface area contributed by atoms with Crippen LogP contribution in [0.2, 0.25) is 0 Å². The molecule has 1 aromatic rings. The summed E-state index contributed by atoms with van der Waals surface area (Å²) in [5.41, 5.74) is 7.11. The van der Waals surface area contributed by atoms with Crippen molar-refractivity contribution in [2.24, 2.45) is 5.73 Å². The predicted octanol–water partition coefficient (Wildman–Crippen LogP) is 3.88. The number of carbonyl (C=O) groups excluding carboxylic acids is 1. The van der Waals surface area contributed by atoms with E-state index in [1.807, 2.05) is 30.3 Å². The van der Waals surface area contributed by atoms with Gasteiger partial charge in [0.1, 0.15) is 5.78 Å². The molecule has 0 radical (unpaired) electrons. The molecule has 0 fully saturated rings. The van der Waals surface area contributed by atoms with Crippen molar-refractivity contribution in [1.82, 2.24) is 0 Å². The second-order valence-corrected chi connectivity index (χ2v) is 5.28. The quantitative estimate of drug-likeness (QED) is 0.650. The molecule has 0 spiro atoms. The summed E-state index contributed by atoms with van der Waals surface area (Å²) in [5, 5.41) is 0. The first-order chi connectivity index (χ1) is 9.24. The third kappa shape index (κ3) is 7.12. The van der Waals surface area contributed by atoms with Crippen LogP contribution < -0.4 is 5.73 Å². The summed E-state index contributed by atoms with van der Waals surface area (Å²) < 4.78 is 0. The van der Waals surface area contributed by atoms with Crippen molar-refractivity contribution in [2.75, 3.05) is 0 Å². The predicted molar refractivity (Wildman–Crippen MR) is 81.1 cm³/mol. The maximum atomic E-state index is 11.9. The Morgan fingerprint density at radius 1 is 1.05 bits per heavy atom. The van der Waals surface area contributed by atoms with Gasteiger partial charge in [-0.05, 0) is 18.4 Å². The molecule has 0 saturated carbocycles. The summed E-state index contributed by atoms with van der Waals surface area (Å²) in [5.74, 6) is 0.208. The van der Waals surface area contributed by atoms with Gasteiger partial charge in [-0.25, -0.2) is 0 Å². The SMILES string of the molecule is CCCCCCCCC(=O)[C@H](N)Cc1ccccc1. The van der Waals surface area contributed by atoms with E-state index in [0.717, 1.165) is 18.4 Å². The van der Waals surface area contributed by atoms with Crippen LogP contribution in [0.25, 0.3) is 0 Å². The number of ketones is 1. The van der Waals surface area contributed by atoms with Crippen LogP contribution in [0, 0.1) is 0 Å². The molecule has 0 amide bonds. The van der Waals surface area contributed by atoms with Crippen LogP contribution in [0.4, 0.5) is 0 Å². The number of nitrogens with two attached hydrogens (primary N) is 1. The number of unbranched alkanes of at least 4 members (excludes halogenated alkanes) is 5. The van der Waals surface area contributed by atoms with Gasteiger partial charge in [0.05, 0.1) is 6.04 Å². The van der Waals surface area contributed by atoms with Gasteiger partial charge >= 0.3 is 0 Å². The molecule has 19 heavy (non-hydrogen) atoms. The second kappa shape index (κ2) is 9.74. The minimum absolute atomic E-state index is 0.208. The molecule has 0 bridgehead atoms. The second-order valence-electron chi connectivity index (χ2n) is 5.28. The Labute approximate surface area is 117 Å². The molecule has 0 aliphatic rings. The highest BCUT2D eigenvalue weighted by molar-refractivity contribution is 5.84. The lowest BCUT2D eigenvalue weighted by atomic mass is 9.99. The Bertz CT molecular complexity index is 348. The first-order valence-corrected chi connectivity index (χ1v) is 7.56. The summed E-state index contributed by atoms with van der Waals surface area (Å²) in [6, 6.07) is 9.67. The Hall–Kier alpha value is -1.15. The molecule has 2 N–H and O–H groups in total. The summed E-state index contributed by atoms with van der Waals surface area (Å²) in [7, 11) is 0. The molecular formula is C17H27NO. The van der Waals surface area contributed by atoms with Crippen molar-refractivity contribution in [3.8, 4) is 0 Å². The molecule has 0 aromatic heterocycles. The van der Waals surface area contributed by atoms with Gasteiger partial charge in [0, 0.05) is 6.42 Å². The number of hydrogen-bond acceptors (Lipinski definition) is 2. The maximum absolute atomic E-state index is 11.9. The minimum atomic E-state index is -0.335. The smallest absolute Gasteiger partial charge is 0.149 e. The molecule has 2 heteroatoms. The van der Waals surface area contributed by atoms with Crippen LogP contribution in [0.1, 0.15) is 57.4 Å². The summed E-state index contributed by atoms with van der Waals surface area (Å²) in [4.78, 5) is 11.9. The van der Waals surface area contributed by atoms with Gasteiger partial charge in [0.25, 0.3) is 0 Å². The zero-order valence-corrected chi connectivity index (χ0v) is 12.1. The fourth-order valence-corrected chi connectivity index (χ4v) is 2.25. The van der Waals surface area contributed by atoms with Crippen molar-refractivity contribution in [3.63, 3.8) is 0 Å². The average molecular weight is 261 g/mol. The highest BCUT2D eigenvalue weighted by Crippen LogP contribution is 2.09. The molecule has 106 valence electrons. The Morgan fingerprint density at radius 3 is 2.37 bits per heavy atom. The van der Waals surface area contributed by atoms with Crippen LogP contribution >= 0.6 is 0 Å². The maximum Gasteiger partial charge on any atom is 0.149 e. The highest BCUT2D eigenvalue weighted by Gasteiger charge is 2.13. The molecule has 0 unspecified atom stereocenters. The van der Waals surface area contributed by atoms with E-state index in [0.29, 0.717) is 12.8 Å². The standard InChI is InChI=1S/C17H27NO/c1-2-3-4-5-6-10-13-17(19)16(18)14-15-11-8-7-9-12-15/h7-9,11-12,16H,2-6,10,13-14,18H2,1H3/t16-/m1/s1. The van der Waals surface area contributed by atoms with Crippen molar-refractivity contribution in [1.29, 1.82) is 0 Å². The number of benzene rings is 1. The Balaban J connectivity index is 2.15. The van der Waals surface area contributed by atoms with Crippen LogP contribution in [-0.4, -0.2) is 11.8 Å². The lowest BCUT2D eigenvalue weighted by Crippen LogP contribution is -2.32. The monoisotopic (exact) mass is 261 g/mol.